The summed E-state index contributed by atoms with van der Waals surface area (Å²) in [5, 5.41) is 25.8. The molecule has 1 fully saturated rings. The number of aromatic nitrogens is 2. The maximum absolute atomic E-state index is 12.5. The van der Waals surface area contributed by atoms with E-state index in [1.807, 2.05) is 34.7 Å². The topological polar surface area (TPSA) is 118 Å². The third kappa shape index (κ3) is 3.35. The number of carbonyl (C=O) groups is 3. The number of aliphatic hydroxyl groups excluding tert-OH is 1. The fourth-order valence-corrected chi connectivity index (χ4v) is 6.86. The largest absolute Gasteiger partial charge is 0.543 e. The first-order chi connectivity index (χ1) is 14.7. The summed E-state index contributed by atoms with van der Waals surface area (Å²) >= 11 is 3.03. The Bertz CT molecular complexity index is 1120. The zero-order chi connectivity index (χ0) is 22.6. The van der Waals surface area contributed by atoms with E-state index in [0.29, 0.717) is 18.7 Å². The van der Waals surface area contributed by atoms with Crippen LogP contribution in [-0.2, 0) is 20.9 Å². The minimum atomic E-state index is -1.38. The van der Waals surface area contributed by atoms with Crippen LogP contribution < -0.4 is 15.0 Å². The summed E-state index contributed by atoms with van der Waals surface area (Å²) in [6, 6.07) is -0.375. The van der Waals surface area contributed by atoms with Crippen molar-refractivity contribution in [3.05, 3.63) is 23.1 Å². The first kappa shape index (κ1) is 21.8. The van der Waals surface area contributed by atoms with Crippen molar-refractivity contribution in [2.24, 2.45) is 11.8 Å². The molecule has 0 aliphatic carbocycles. The Balaban J connectivity index is 1.73. The van der Waals surface area contributed by atoms with Crippen LogP contribution in [0, 0.1) is 11.8 Å². The van der Waals surface area contributed by atoms with E-state index in [9.17, 15) is 24.6 Å². The molecule has 0 saturated carbocycles. The number of carboxylic acids is 1. The molecule has 2 aromatic rings. The van der Waals surface area contributed by atoms with Gasteiger partial charge in [0.05, 0.1) is 41.2 Å². The quantitative estimate of drug-likeness (QED) is 0.323. The number of nitrogens with zero attached hydrogens (tertiary/aromatic N) is 3. The lowest BCUT2D eigenvalue weighted by atomic mass is 9.77. The van der Waals surface area contributed by atoms with Crippen molar-refractivity contribution in [3.8, 4) is 0 Å². The molecule has 2 aliphatic rings. The van der Waals surface area contributed by atoms with Crippen LogP contribution in [0.25, 0.3) is 10.4 Å². The number of nitrogens with one attached hydrogen (secondary N) is 1. The molecule has 31 heavy (non-hydrogen) atoms. The van der Waals surface area contributed by atoms with Crippen molar-refractivity contribution in [3.63, 3.8) is 0 Å². The van der Waals surface area contributed by atoms with Crippen molar-refractivity contribution in [1.29, 1.82) is 0 Å². The summed E-state index contributed by atoms with van der Waals surface area (Å²) < 4.78 is 3.98. The van der Waals surface area contributed by atoms with Gasteiger partial charge < -0.3 is 25.2 Å². The number of β-lactam (4-membered cyclic amide) rings is 1. The summed E-state index contributed by atoms with van der Waals surface area (Å²) in [5.74, 6) is -2.68. The smallest absolute Gasteiger partial charge is 0.250 e. The highest BCUT2D eigenvalue weighted by Crippen LogP contribution is 2.51. The molecular formula is C20H24N4O5S2. The zero-order valence-electron chi connectivity index (χ0n) is 17.6. The molecule has 0 unspecified atom stereocenters. The molecule has 0 radical (unpaired) electrons. The third-order valence-corrected chi connectivity index (χ3v) is 8.04. The van der Waals surface area contributed by atoms with Crippen LogP contribution in [0.15, 0.2) is 23.2 Å². The molecule has 2 N–H and O–H groups in total. The van der Waals surface area contributed by atoms with Gasteiger partial charge in [-0.25, -0.2) is 4.57 Å². The van der Waals surface area contributed by atoms with Gasteiger partial charge in [-0.3, -0.25) is 9.59 Å². The second kappa shape index (κ2) is 7.95. The van der Waals surface area contributed by atoms with Crippen molar-refractivity contribution in [1.82, 2.24) is 14.6 Å². The minimum Gasteiger partial charge on any atom is -0.543 e. The molecule has 166 valence electrons. The van der Waals surface area contributed by atoms with E-state index < -0.39 is 18.0 Å². The summed E-state index contributed by atoms with van der Waals surface area (Å²) in [5.41, 5.74) is 0.486. The number of thioether (sulfide) groups is 1. The number of hydrogen-bond donors (Lipinski definition) is 2. The van der Waals surface area contributed by atoms with Gasteiger partial charge in [0.1, 0.15) is 12.7 Å². The van der Waals surface area contributed by atoms with Crippen LogP contribution >= 0.6 is 23.1 Å². The van der Waals surface area contributed by atoms with E-state index in [1.165, 1.54) is 23.2 Å². The number of imidazole rings is 1. The average Bonchev–Trinajstić information content (AvgIpc) is 3.28. The van der Waals surface area contributed by atoms with Gasteiger partial charge in [-0.1, -0.05) is 30.0 Å². The molecule has 0 spiro atoms. The lowest BCUT2D eigenvalue weighted by Gasteiger charge is -2.47. The Kier molecular flexibility index (Phi) is 5.61. The molecule has 0 aromatic carbocycles. The first-order valence-corrected chi connectivity index (χ1v) is 12.0. The third-order valence-electron chi connectivity index (χ3n) is 5.96. The van der Waals surface area contributed by atoms with E-state index in [2.05, 4.69) is 5.32 Å². The van der Waals surface area contributed by atoms with Gasteiger partial charge in [0.2, 0.25) is 21.7 Å². The van der Waals surface area contributed by atoms with Crippen molar-refractivity contribution in [2.45, 2.75) is 44.5 Å². The SMILES string of the molecule is CSc1c2sc(C3=C(C(=O)[O-])N4C(=O)[C@H]([C@@H](C)O)[C@H]4[C@H]3C)cn2c[n+]1CCNC(C)=O. The van der Waals surface area contributed by atoms with Crippen LogP contribution in [0.5, 0.6) is 0 Å². The Morgan fingerprint density at radius 3 is 2.74 bits per heavy atom. The Morgan fingerprint density at radius 1 is 1.45 bits per heavy atom. The number of carboxylic acid groups (broad SMARTS) is 1. The normalized spacial score (nSPS) is 23.8. The van der Waals surface area contributed by atoms with Crippen LogP contribution in [-0.4, -0.2) is 57.1 Å². The second-order valence-corrected chi connectivity index (χ2v) is 9.74. The number of aliphatic carboxylic acids is 1. The second-order valence-electron chi connectivity index (χ2n) is 7.91. The van der Waals surface area contributed by atoms with Gasteiger partial charge in [0.15, 0.2) is 0 Å². The molecule has 1 saturated heterocycles. The first-order valence-electron chi connectivity index (χ1n) is 9.96. The molecule has 9 nitrogen and oxygen atoms in total. The molecule has 4 rings (SSSR count). The molecule has 4 heterocycles. The maximum Gasteiger partial charge on any atom is 0.250 e. The van der Waals surface area contributed by atoms with Crippen LogP contribution in [0.2, 0.25) is 0 Å². The average molecular weight is 465 g/mol. The monoisotopic (exact) mass is 464 g/mol. The van der Waals surface area contributed by atoms with Gasteiger partial charge in [-0.05, 0) is 13.2 Å². The molecule has 4 atom stereocenters. The van der Waals surface area contributed by atoms with E-state index in [1.54, 1.807) is 18.7 Å². The molecule has 2 aliphatic heterocycles. The minimum absolute atomic E-state index is 0.0822. The highest BCUT2D eigenvalue weighted by molar-refractivity contribution is 7.98. The lowest BCUT2D eigenvalue weighted by molar-refractivity contribution is -0.727. The number of aliphatic hydroxyl groups is 1. The predicted octanol–water partition coefficient (Wildman–Crippen LogP) is -0.535. The fourth-order valence-electron chi connectivity index (χ4n) is 4.66. The highest BCUT2D eigenvalue weighted by Gasteiger charge is 2.59. The molecule has 2 aromatic heterocycles. The fraction of sp³-hybridized carbons (Fsp3) is 0.500. The van der Waals surface area contributed by atoms with E-state index in [0.717, 1.165) is 14.7 Å². The molecule has 11 heteroatoms. The summed E-state index contributed by atoms with van der Waals surface area (Å²) in [4.78, 5) is 38.6. The Morgan fingerprint density at radius 2 is 2.16 bits per heavy atom. The number of amides is 2. The lowest BCUT2D eigenvalue weighted by Crippen LogP contribution is -2.64. The van der Waals surface area contributed by atoms with E-state index in [-0.39, 0.29) is 29.5 Å². The summed E-state index contributed by atoms with van der Waals surface area (Å²) in [7, 11) is 0. The van der Waals surface area contributed by atoms with Crippen LogP contribution in [0.4, 0.5) is 0 Å². The number of rotatable bonds is 7. The van der Waals surface area contributed by atoms with Gasteiger partial charge in [-0.15, -0.1) is 0 Å². The van der Waals surface area contributed by atoms with Gasteiger partial charge in [0, 0.05) is 18.4 Å². The summed E-state index contributed by atoms with van der Waals surface area (Å²) in [6.07, 6.45) is 4.91. The van der Waals surface area contributed by atoms with Crippen LogP contribution in [0.3, 0.4) is 0 Å². The predicted molar refractivity (Wildman–Crippen MR) is 113 cm³/mol. The standard InChI is InChI=1S/C20H24N4O5S2/c1-9-13(16(20(28)29)24-15(9)14(10(2)25)17(24)27)12-7-23-8-22(6-5-21-11(3)26)18(30-4)19(23)31-12/h7-10,14-15,25H,5-6H2,1-4H3,(H-,21,26,28,29)/t9-,10+,14+,15+/m0/s1. The van der Waals surface area contributed by atoms with Crippen LogP contribution in [0.1, 0.15) is 25.6 Å². The molecule has 0 bridgehead atoms. The Hall–Kier alpha value is -2.37. The zero-order valence-corrected chi connectivity index (χ0v) is 19.2. The summed E-state index contributed by atoms with van der Waals surface area (Å²) in [6.45, 7) is 6.05. The number of hydrogen-bond acceptors (Lipinski definition) is 7. The van der Waals surface area contributed by atoms with E-state index >= 15 is 0 Å². The van der Waals surface area contributed by atoms with Gasteiger partial charge in [-0.2, -0.15) is 4.40 Å². The Labute approximate surface area is 187 Å². The molecule has 2 amide bonds. The van der Waals surface area contributed by atoms with Gasteiger partial charge in [0.25, 0.3) is 6.33 Å². The molecular weight excluding hydrogens is 440 g/mol. The number of carbonyl (C=O) groups excluding carboxylic acids is 3. The maximum atomic E-state index is 12.5. The van der Waals surface area contributed by atoms with E-state index in [4.69, 9.17) is 0 Å². The number of fused-ring (bicyclic) bond motifs is 2. The van der Waals surface area contributed by atoms with Gasteiger partial charge >= 0.3 is 0 Å². The number of thiazole rings is 1. The van der Waals surface area contributed by atoms with Crippen molar-refractivity contribution >= 4 is 51.3 Å². The van der Waals surface area contributed by atoms with Crippen molar-refractivity contribution in [2.75, 3.05) is 12.8 Å². The van der Waals surface area contributed by atoms with Crippen molar-refractivity contribution < 1.29 is 29.2 Å². The highest BCUT2D eigenvalue weighted by atomic mass is 32.2.